The number of aliphatic hydroxyl groups excluding tert-OH is 1. The lowest BCUT2D eigenvalue weighted by Gasteiger charge is -2.17. The van der Waals surface area contributed by atoms with Gasteiger partial charge in [-0.1, -0.05) is 0 Å². The molecule has 1 aromatic rings. The van der Waals surface area contributed by atoms with E-state index in [9.17, 15) is 5.11 Å². The first-order chi connectivity index (χ1) is 7.52. The predicted octanol–water partition coefficient (Wildman–Crippen LogP) is 1.85. The number of nitrogens with one attached hydrogen (secondary N) is 2. The Kier molecular flexibility index (Phi) is 4.95. The maximum absolute atomic E-state index is 9.27. The molecule has 16 heavy (non-hydrogen) atoms. The molecule has 3 N–H and O–H groups in total. The standard InChI is InChI=1S/C10H17BrN4O/c1-6(4-7(2)16)14-9-8(11)5-13-10(12-3)15-9/h5-7,16H,4H2,1-3H3,(H2,12,13,14,15). The number of hydrogen-bond donors (Lipinski definition) is 3. The summed E-state index contributed by atoms with van der Waals surface area (Å²) in [4.78, 5) is 8.34. The quantitative estimate of drug-likeness (QED) is 0.771. The van der Waals surface area contributed by atoms with Crippen molar-refractivity contribution in [2.75, 3.05) is 17.7 Å². The minimum atomic E-state index is -0.327. The number of halogens is 1. The fraction of sp³-hybridized carbons (Fsp3) is 0.600. The molecule has 0 aliphatic rings. The molecule has 1 heterocycles. The van der Waals surface area contributed by atoms with E-state index in [0.717, 1.165) is 10.3 Å². The van der Waals surface area contributed by atoms with Crippen molar-refractivity contribution in [1.29, 1.82) is 0 Å². The third-order valence-corrected chi connectivity index (χ3v) is 2.63. The third-order valence-electron chi connectivity index (χ3n) is 2.05. The number of hydrogen-bond acceptors (Lipinski definition) is 5. The highest BCUT2D eigenvalue weighted by Gasteiger charge is 2.10. The van der Waals surface area contributed by atoms with E-state index in [1.165, 1.54) is 0 Å². The smallest absolute Gasteiger partial charge is 0.224 e. The molecule has 1 aromatic heterocycles. The van der Waals surface area contributed by atoms with E-state index in [0.29, 0.717) is 12.4 Å². The van der Waals surface area contributed by atoms with Crippen LogP contribution in [0.5, 0.6) is 0 Å². The van der Waals surface area contributed by atoms with E-state index in [-0.39, 0.29) is 12.1 Å². The zero-order chi connectivity index (χ0) is 12.1. The molecule has 0 bridgehead atoms. The summed E-state index contributed by atoms with van der Waals surface area (Å²) in [7, 11) is 1.77. The second-order valence-corrected chi connectivity index (χ2v) is 4.62. The first-order valence-corrected chi connectivity index (χ1v) is 5.97. The second-order valence-electron chi connectivity index (χ2n) is 3.77. The van der Waals surface area contributed by atoms with Gasteiger partial charge in [-0.2, -0.15) is 4.98 Å². The lowest BCUT2D eigenvalue weighted by molar-refractivity contribution is 0.179. The first-order valence-electron chi connectivity index (χ1n) is 5.17. The van der Waals surface area contributed by atoms with Crippen LogP contribution >= 0.6 is 15.9 Å². The summed E-state index contributed by atoms with van der Waals surface area (Å²) >= 11 is 3.38. The van der Waals surface area contributed by atoms with Gasteiger partial charge < -0.3 is 15.7 Å². The molecule has 1 rings (SSSR count). The molecule has 0 saturated carbocycles. The van der Waals surface area contributed by atoms with Crippen LogP contribution in [0.1, 0.15) is 20.3 Å². The van der Waals surface area contributed by atoms with Crippen molar-refractivity contribution < 1.29 is 5.11 Å². The fourth-order valence-corrected chi connectivity index (χ4v) is 1.70. The summed E-state index contributed by atoms with van der Waals surface area (Å²) < 4.78 is 0.809. The van der Waals surface area contributed by atoms with Gasteiger partial charge in [-0.25, -0.2) is 4.98 Å². The van der Waals surface area contributed by atoms with Crippen LogP contribution in [0.15, 0.2) is 10.7 Å². The molecule has 2 atom stereocenters. The van der Waals surface area contributed by atoms with Crippen LogP contribution < -0.4 is 10.6 Å². The summed E-state index contributed by atoms with van der Waals surface area (Å²) in [5, 5.41) is 15.4. The zero-order valence-electron chi connectivity index (χ0n) is 9.66. The Morgan fingerprint density at radius 2 is 2.19 bits per heavy atom. The Hall–Kier alpha value is -0.880. The van der Waals surface area contributed by atoms with Crippen LogP contribution in [0.2, 0.25) is 0 Å². The van der Waals surface area contributed by atoms with Crippen LogP contribution in [0.3, 0.4) is 0 Å². The molecule has 6 heteroatoms. The lowest BCUT2D eigenvalue weighted by Crippen LogP contribution is -2.21. The van der Waals surface area contributed by atoms with Gasteiger partial charge in [0.1, 0.15) is 5.82 Å². The van der Waals surface area contributed by atoms with Gasteiger partial charge in [0.25, 0.3) is 0 Å². The molecule has 5 nitrogen and oxygen atoms in total. The Bertz CT molecular complexity index is 346. The summed E-state index contributed by atoms with van der Waals surface area (Å²) in [5.74, 6) is 1.29. The Labute approximate surface area is 104 Å². The van der Waals surface area contributed by atoms with Crippen LogP contribution in [-0.4, -0.2) is 34.3 Å². The zero-order valence-corrected chi connectivity index (χ0v) is 11.2. The van der Waals surface area contributed by atoms with E-state index < -0.39 is 0 Å². The third kappa shape index (κ3) is 3.94. The van der Waals surface area contributed by atoms with Gasteiger partial charge >= 0.3 is 0 Å². The Balaban J connectivity index is 2.71. The topological polar surface area (TPSA) is 70.1 Å². The van der Waals surface area contributed by atoms with Gasteiger partial charge in [0.2, 0.25) is 5.95 Å². The van der Waals surface area contributed by atoms with E-state index >= 15 is 0 Å². The molecule has 0 spiro atoms. The van der Waals surface area contributed by atoms with Crippen molar-refractivity contribution in [1.82, 2.24) is 9.97 Å². The molecule has 2 unspecified atom stereocenters. The molecule has 0 fully saturated rings. The second kappa shape index (κ2) is 6.00. The highest BCUT2D eigenvalue weighted by molar-refractivity contribution is 9.10. The molecule has 90 valence electrons. The number of nitrogens with zero attached hydrogens (tertiary/aromatic N) is 2. The Morgan fingerprint density at radius 3 is 2.75 bits per heavy atom. The number of rotatable bonds is 5. The van der Waals surface area contributed by atoms with Crippen molar-refractivity contribution in [3.8, 4) is 0 Å². The van der Waals surface area contributed by atoms with Crippen molar-refractivity contribution >= 4 is 27.7 Å². The summed E-state index contributed by atoms with van der Waals surface area (Å²) in [6.45, 7) is 3.77. The average molecular weight is 289 g/mol. The molecule has 0 aliphatic heterocycles. The van der Waals surface area contributed by atoms with Gasteiger partial charge in [-0.15, -0.1) is 0 Å². The van der Waals surface area contributed by atoms with Crippen molar-refractivity contribution in [3.63, 3.8) is 0 Å². The monoisotopic (exact) mass is 288 g/mol. The largest absolute Gasteiger partial charge is 0.393 e. The van der Waals surface area contributed by atoms with E-state index in [1.54, 1.807) is 20.2 Å². The number of aliphatic hydroxyl groups is 1. The van der Waals surface area contributed by atoms with Crippen molar-refractivity contribution in [3.05, 3.63) is 10.7 Å². The lowest BCUT2D eigenvalue weighted by atomic mass is 10.1. The fourth-order valence-electron chi connectivity index (χ4n) is 1.39. The Morgan fingerprint density at radius 1 is 1.50 bits per heavy atom. The molecular weight excluding hydrogens is 272 g/mol. The van der Waals surface area contributed by atoms with Gasteiger partial charge in [0.05, 0.1) is 10.6 Å². The normalized spacial score (nSPS) is 14.3. The summed E-state index contributed by atoms with van der Waals surface area (Å²) in [5.41, 5.74) is 0. The van der Waals surface area contributed by atoms with Gasteiger partial charge in [0, 0.05) is 19.3 Å². The highest BCUT2D eigenvalue weighted by Crippen LogP contribution is 2.21. The minimum absolute atomic E-state index is 0.149. The molecule has 0 radical (unpaired) electrons. The van der Waals surface area contributed by atoms with Crippen LogP contribution in [0.4, 0.5) is 11.8 Å². The average Bonchev–Trinajstić information content (AvgIpc) is 2.20. The summed E-state index contributed by atoms with van der Waals surface area (Å²) in [6, 6.07) is 0.149. The van der Waals surface area contributed by atoms with Crippen LogP contribution in [0, 0.1) is 0 Å². The number of anilines is 2. The van der Waals surface area contributed by atoms with Gasteiger partial charge in [-0.3, -0.25) is 0 Å². The minimum Gasteiger partial charge on any atom is -0.393 e. The van der Waals surface area contributed by atoms with Gasteiger partial charge in [-0.05, 0) is 36.2 Å². The predicted molar refractivity (Wildman–Crippen MR) is 68.7 cm³/mol. The molecule has 0 saturated heterocycles. The molecule has 0 aliphatic carbocycles. The first kappa shape index (κ1) is 13.2. The molecule has 0 amide bonds. The van der Waals surface area contributed by atoms with Crippen molar-refractivity contribution in [2.45, 2.75) is 32.4 Å². The SMILES string of the molecule is CNc1ncc(Br)c(NC(C)CC(C)O)n1. The maximum atomic E-state index is 9.27. The van der Waals surface area contributed by atoms with E-state index in [2.05, 4.69) is 36.5 Å². The van der Waals surface area contributed by atoms with E-state index in [4.69, 9.17) is 0 Å². The molecule has 0 aromatic carbocycles. The van der Waals surface area contributed by atoms with Crippen molar-refractivity contribution in [2.24, 2.45) is 0 Å². The molecular formula is C10H17BrN4O. The van der Waals surface area contributed by atoms with Gasteiger partial charge in [0.15, 0.2) is 0 Å². The van der Waals surface area contributed by atoms with Crippen LogP contribution in [-0.2, 0) is 0 Å². The number of aromatic nitrogens is 2. The van der Waals surface area contributed by atoms with E-state index in [1.807, 2.05) is 6.92 Å². The van der Waals surface area contributed by atoms with Crippen LogP contribution in [0.25, 0.3) is 0 Å². The summed E-state index contributed by atoms with van der Waals surface area (Å²) in [6.07, 6.45) is 2.04. The maximum Gasteiger partial charge on any atom is 0.224 e. The highest BCUT2D eigenvalue weighted by atomic mass is 79.9.